The van der Waals surface area contributed by atoms with E-state index in [1.807, 2.05) is 0 Å². The zero-order valence-electron chi connectivity index (χ0n) is 10.3. The standard InChI is InChI=1S/C11H13N3O2S2/c1-8-6-9(18(3,15)16)4-5-10(8)14-11(17-2)13-7-12/h4-6H,1-3H3,(H,13,14). The van der Waals surface area contributed by atoms with Crippen LogP contribution in [0.15, 0.2) is 28.1 Å². The SMILES string of the molecule is CSC(=Nc1ccc(S(C)(=O)=O)cc1C)NC#N. The van der Waals surface area contributed by atoms with Gasteiger partial charge in [0.25, 0.3) is 0 Å². The van der Waals surface area contributed by atoms with Crippen molar-refractivity contribution in [3.8, 4) is 6.19 Å². The lowest BCUT2D eigenvalue weighted by Crippen LogP contribution is -2.12. The third-order valence-electron chi connectivity index (χ3n) is 2.17. The number of aryl methyl sites for hydroxylation is 1. The molecule has 0 bridgehead atoms. The average Bonchev–Trinajstić information content (AvgIpc) is 2.29. The number of nitrogens with zero attached hydrogens (tertiary/aromatic N) is 2. The van der Waals surface area contributed by atoms with E-state index in [-0.39, 0.29) is 4.90 Å². The van der Waals surface area contributed by atoms with Gasteiger partial charge in [0, 0.05) is 6.26 Å². The fourth-order valence-corrected chi connectivity index (χ4v) is 2.31. The van der Waals surface area contributed by atoms with Crippen LogP contribution in [0, 0.1) is 18.4 Å². The van der Waals surface area contributed by atoms with Gasteiger partial charge in [-0.15, -0.1) is 0 Å². The highest BCUT2D eigenvalue weighted by atomic mass is 32.2. The number of thioether (sulfide) groups is 1. The number of amidine groups is 1. The van der Waals surface area contributed by atoms with Crippen LogP contribution in [-0.4, -0.2) is 26.1 Å². The molecule has 1 aromatic rings. The van der Waals surface area contributed by atoms with Crippen LogP contribution in [0.1, 0.15) is 5.56 Å². The number of aliphatic imine (C=N–C) groups is 1. The molecule has 1 aromatic carbocycles. The second-order valence-corrected chi connectivity index (χ2v) is 6.39. The Morgan fingerprint density at radius 1 is 1.50 bits per heavy atom. The molecule has 5 nitrogen and oxygen atoms in total. The number of nitrogens with one attached hydrogen (secondary N) is 1. The van der Waals surface area contributed by atoms with Crippen molar-refractivity contribution < 1.29 is 8.42 Å². The molecule has 96 valence electrons. The van der Waals surface area contributed by atoms with Crippen LogP contribution in [0.5, 0.6) is 0 Å². The highest BCUT2D eigenvalue weighted by molar-refractivity contribution is 8.13. The van der Waals surface area contributed by atoms with Crippen molar-refractivity contribution in [3.63, 3.8) is 0 Å². The molecule has 0 atom stereocenters. The van der Waals surface area contributed by atoms with E-state index in [0.29, 0.717) is 10.9 Å². The van der Waals surface area contributed by atoms with Crippen molar-refractivity contribution in [2.24, 2.45) is 4.99 Å². The quantitative estimate of drug-likeness (QED) is 0.387. The summed E-state index contributed by atoms with van der Waals surface area (Å²) < 4.78 is 22.8. The third-order valence-corrected chi connectivity index (χ3v) is 3.86. The monoisotopic (exact) mass is 283 g/mol. The van der Waals surface area contributed by atoms with Crippen LogP contribution in [0.3, 0.4) is 0 Å². The Bertz CT molecular complexity index is 616. The molecule has 0 spiro atoms. The molecule has 0 aliphatic rings. The first-order valence-corrected chi connectivity index (χ1v) is 8.08. The molecule has 0 heterocycles. The van der Waals surface area contributed by atoms with E-state index in [4.69, 9.17) is 5.26 Å². The van der Waals surface area contributed by atoms with Crippen LogP contribution < -0.4 is 5.32 Å². The molecule has 0 amide bonds. The van der Waals surface area contributed by atoms with Gasteiger partial charge in [-0.05, 0) is 36.9 Å². The van der Waals surface area contributed by atoms with Gasteiger partial charge in [0.1, 0.15) is 0 Å². The molecule has 7 heteroatoms. The van der Waals surface area contributed by atoms with E-state index in [1.165, 1.54) is 17.8 Å². The largest absolute Gasteiger partial charge is 0.271 e. The van der Waals surface area contributed by atoms with E-state index >= 15 is 0 Å². The maximum absolute atomic E-state index is 11.4. The number of hydrogen-bond acceptors (Lipinski definition) is 5. The van der Waals surface area contributed by atoms with Gasteiger partial charge in [0.2, 0.25) is 0 Å². The topological polar surface area (TPSA) is 82.3 Å². The predicted molar refractivity (Wildman–Crippen MR) is 73.6 cm³/mol. The van der Waals surface area contributed by atoms with Crippen molar-refractivity contribution in [3.05, 3.63) is 23.8 Å². The molecular formula is C11H13N3O2S2. The van der Waals surface area contributed by atoms with Crippen molar-refractivity contribution in [1.82, 2.24) is 5.32 Å². The molecule has 1 N–H and O–H groups in total. The minimum absolute atomic E-state index is 0.262. The maximum Gasteiger partial charge on any atom is 0.183 e. The summed E-state index contributed by atoms with van der Waals surface area (Å²) in [5.41, 5.74) is 1.37. The zero-order valence-corrected chi connectivity index (χ0v) is 11.9. The first-order valence-electron chi connectivity index (χ1n) is 4.97. The van der Waals surface area contributed by atoms with Crippen LogP contribution >= 0.6 is 11.8 Å². The lowest BCUT2D eigenvalue weighted by Gasteiger charge is -2.05. The summed E-state index contributed by atoms with van der Waals surface area (Å²) in [6, 6.07) is 4.70. The van der Waals surface area contributed by atoms with Crippen molar-refractivity contribution in [2.75, 3.05) is 12.5 Å². The van der Waals surface area contributed by atoms with E-state index < -0.39 is 9.84 Å². The third kappa shape index (κ3) is 3.75. The molecule has 0 aliphatic carbocycles. The van der Waals surface area contributed by atoms with Gasteiger partial charge in [-0.2, -0.15) is 5.26 Å². The Hall–Kier alpha value is -1.52. The Labute approximate surface area is 111 Å². The second kappa shape index (κ2) is 5.89. The van der Waals surface area contributed by atoms with Crippen molar-refractivity contribution >= 4 is 32.5 Å². The lowest BCUT2D eigenvalue weighted by atomic mass is 10.2. The molecular weight excluding hydrogens is 270 g/mol. The molecule has 0 aromatic heterocycles. The first-order chi connectivity index (χ1) is 8.38. The molecule has 0 unspecified atom stereocenters. The number of sulfone groups is 1. The fourth-order valence-electron chi connectivity index (χ4n) is 1.27. The molecule has 0 saturated carbocycles. The fraction of sp³-hybridized carbons (Fsp3) is 0.273. The summed E-state index contributed by atoms with van der Waals surface area (Å²) in [6.07, 6.45) is 4.75. The Kier molecular flexibility index (Phi) is 4.76. The number of benzene rings is 1. The number of nitriles is 1. The van der Waals surface area contributed by atoms with Gasteiger partial charge in [-0.25, -0.2) is 13.4 Å². The molecule has 0 fully saturated rings. The van der Waals surface area contributed by atoms with E-state index in [0.717, 1.165) is 11.8 Å². The zero-order chi connectivity index (χ0) is 13.8. The van der Waals surface area contributed by atoms with Crippen LogP contribution in [0.2, 0.25) is 0 Å². The Morgan fingerprint density at radius 3 is 2.61 bits per heavy atom. The van der Waals surface area contributed by atoms with Crippen molar-refractivity contribution in [2.45, 2.75) is 11.8 Å². The summed E-state index contributed by atoms with van der Waals surface area (Å²) in [7, 11) is -3.21. The van der Waals surface area contributed by atoms with Gasteiger partial charge in [-0.3, -0.25) is 5.32 Å². The maximum atomic E-state index is 11.4. The summed E-state index contributed by atoms with van der Waals surface area (Å²) in [4.78, 5) is 4.50. The molecule has 0 aliphatic heterocycles. The minimum Gasteiger partial charge on any atom is -0.271 e. The Balaban J connectivity index is 3.19. The molecule has 18 heavy (non-hydrogen) atoms. The smallest absolute Gasteiger partial charge is 0.183 e. The Morgan fingerprint density at radius 2 is 2.17 bits per heavy atom. The normalized spacial score (nSPS) is 12.0. The number of hydrogen-bond donors (Lipinski definition) is 1. The predicted octanol–water partition coefficient (Wildman–Crippen LogP) is 1.82. The van der Waals surface area contributed by atoms with Gasteiger partial charge in [-0.1, -0.05) is 11.8 Å². The van der Waals surface area contributed by atoms with Crippen LogP contribution in [0.4, 0.5) is 5.69 Å². The highest BCUT2D eigenvalue weighted by Gasteiger charge is 2.09. The molecule has 1 rings (SSSR count). The number of rotatable bonds is 2. The summed E-state index contributed by atoms with van der Waals surface area (Å²) in [5.74, 6) is 0. The van der Waals surface area contributed by atoms with E-state index in [9.17, 15) is 8.42 Å². The minimum atomic E-state index is -3.21. The van der Waals surface area contributed by atoms with Gasteiger partial charge in [0.05, 0.1) is 10.6 Å². The van der Waals surface area contributed by atoms with Crippen LogP contribution in [0.25, 0.3) is 0 Å². The first kappa shape index (κ1) is 14.5. The van der Waals surface area contributed by atoms with E-state index in [2.05, 4.69) is 10.3 Å². The summed E-state index contributed by atoms with van der Waals surface area (Å²) in [6.45, 7) is 1.78. The van der Waals surface area contributed by atoms with Crippen LogP contribution in [-0.2, 0) is 9.84 Å². The molecule has 0 saturated heterocycles. The van der Waals surface area contributed by atoms with Gasteiger partial charge in [0.15, 0.2) is 21.2 Å². The average molecular weight is 283 g/mol. The van der Waals surface area contributed by atoms with Gasteiger partial charge >= 0.3 is 0 Å². The second-order valence-electron chi connectivity index (χ2n) is 3.58. The summed E-state index contributed by atoms with van der Waals surface area (Å²) >= 11 is 1.31. The van der Waals surface area contributed by atoms with Gasteiger partial charge < -0.3 is 0 Å². The van der Waals surface area contributed by atoms with E-state index in [1.54, 1.807) is 31.5 Å². The highest BCUT2D eigenvalue weighted by Crippen LogP contribution is 2.23. The summed E-state index contributed by atoms with van der Waals surface area (Å²) in [5, 5.41) is 11.4. The molecule has 0 radical (unpaired) electrons. The lowest BCUT2D eigenvalue weighted by molar-refractivity contribution is 0.602. The van der Waals surface area contributed by atoms with Crippen molar-refractivity contribution in [1.29, 1.82) is 5.26 Å².